The van der Waals surface area contributed by atoms with Crippen LogP contribution in [-0.2, 0) is 11.3 Å². The predicted molar refractivity (Wildman–Crippen MR) is 108 cm³/mol. The highest BCUT2D eigenvalue weighted by molar-refractivity contribution is 5.95. The molecule has 0 saturated carbocycles. The number of hydrogen-bond acceptors (Lipinski definition) is 6. The van der Waals surface area contributed by atoms with Crippen molar-refractivity contribution in [2.75, 3.05) is 32.8 Å². The normalized spacial score (nSPS) is 20.2. The van der Waals surface area contributed by atoms with Gasteiger partial charge in [-0.2, -0.15) is 0 Å². The Balaban J connectivity index is 1.42. The number of ether oxygens (including phenoxy) is 1. The predicted octanol–water partition coefficient (Wildman–Crippen LogP) is 2.46. The van der Waals surface area contributed by atoms with Crippen LogP contribution >= 0.6 is 0 Å². The number of rotatable bonds is 4. The lowest BCUT2D eigenvalue weighted by Gasteiger charge is -2.34. The van der Waals surface area contributed by atoms with Crippen LogP contribution in [0.3, 0.4) is 0 Å². The zero-order chi connectivity index (χ0) is 20.4. The Morgan fingerprint density at radius 1 is 1.21 bits per heavy atom. The molecule has 1 amide bonds. The van der Waals surface area contributed by atoms with E-state index in [1.807, 2.05) is 12.3 Å². The summed E-state index contributed by atoms with van der Waals surface area (Å²) in [6.45, 7) is 7.96. The SMILES string of the molecule is Cc1cccnc1CN1CCN(C(=O)c2c(C)cc(C3CCCO3)oc2=O)CC1. The lowest BCUT2D eigenvalue weighted by molar-refractivity contribution is 0.0616. The molecule has 4 rings (SSSR count). The van der Waals surface area contributed by atoms with Gasteiger partial charge in [0.25, 0.3) is 5.91 Å². The Hall–Kier alpha value is -2.51. The van der Waals surface area contributed by atoms with Crippen molar-refractivity contribution in [1.29, 1.82) is 0 Å². The number of carbonyl (C=O) groups excluding carboxylic acids is 1. The summed E-state index contributed by atoms with van der Waals surface area (Å²) in [5.74, 6) is 0.279. The number of hydrogen-bond donors (Lipinski definition) is 0. The minimum absolute atomic E-state index is 0.140. The zero-order valence-corrected chi connectivity index (χ0v) is 17.0. The van der Waals surface area contributed by atoms with E-state index in [2.05, 4.69) is 22.9 Å². The number of amides is 1. The van der Waals surface area contributed by atoms with E-state index in [1.165, 1.54) is 5.56 Å². The lowest BCUT2D eigenvalue weighted by atomic mass is 10.1. The van der Waals surface area contributed by atoms with Crippen molar-refractivity contribution in [2.45, 2.75) is 39.3 Å². The van der Waals surface area contributed by atoms with Gasteiger partial charge in [0.15, 0.2) is 0 Å². The highest BCUT2D eigenvalue weighted by atomic mass is 16.5. The maximum Gasteiger partial charge on any atom is 0.349 e. The van der Waals surface area contributed by atoms with E-state index in [0.29, 0.717) is 31.0 Å². The summed E-state index contributed by atoms with van der Waals surface area (Å²) < 4.78 is 11.0. The largest absolute Gasteiger partial charge is 0.424 e. The van der Waals surface area contributed by atoms with Crippen LogP contribution in [0.4, 0.5) is 0 Å². The van der Waals surface area contributed by atoms with Gasteiger partial charge in [-0.05, 0) is 49.9 Å². The standard InChI is InChI=1S/C22H27N3O4/c1-15-5-3-7-23-17(15)14-24-8-10-25(11-9-24)21(26)20-16(2)13-19(29-22(20)27)18-6-4-12-28-18/h3,5,7,13,18H,4,6,8-12,14H2,1-2H3. The Morgan fingerprint density at radius 3 is 2.66 bits per heavy atom. The van der Waals surface area contributed by atoms with Crippen LogP contribution < -0.4 is 5.63 Å². The minimum atomic E-state index is -0.563. The number of pyridine rings is 1. The monoisotopic (exact) mass is 397 g/mol. The molecule has 2 aliphatic heterocycles. The summed E-state index contributed by atoms with van der Waals surface area (Å²) in [6, 6.07) is 5.78. The summed E-state index contributed by atoms with van der Waals surface area (Å²) in [4.78, 5) is 34.0. The maximum atomic E-state index is 13.0. The fourth-order valence-electron chi connectivity index (χ4n) is 4.01. The Kier molecular flexibility index (Phi) is 5.78. The van der Waals surface area contributed by atoms with E-state index in [1.54, 1.807) is 17.9 Å². The van der Waals surface area contributed by atoms with E-state index >= 15 is 0 Å². The van der Waals surface area contributed by atoms with Gasteiger partial charge in [0.2, 0.25) is 0 Å². The van der Waals surface area contributed by atoms with Crippen LogP contribution in [0.2, 0.25) is 0 Å². The van der Waals surface area contributed by atoms with Crippen molar-refractivity contribution < 1.29 is 13.9 Å². The maximum absolute atomic E-state index is 13.0. The van der Waals surface area contributed by atoms with Crippen LogP contribution in [-0.4, -0.2) is 53.5 Å². The Morgan fingerprint density at radius 2 is 2.00 bits per heavy atom. The van der Waals surface area contributed by atoms with Gasteiger partial charge in [-0.1, -0.05) is 6.07 Å². The average Bonchev–Trinajstić information content (AvgIpc) is 3.24. The topological polar surface area (TPSA) is 75.9 Å². The van der Waals surface area contributed by atoms with Crippen LogP contribution in [0.25, 0.3) is 0 Å². The van der Waals surface area contributed by atoms with Gasteiger partial charge in [-0.15, -0.1) is 0 Å². The average molecular weight is 397 g/mol. The molecule has 0 spiro atoms. The first kappa shape index (κ1) is 19.8. The quantitative estimate of drug-likeness (QED) is 0.789. The molecule has 0 aromatic carbocycles. The number of aromatic nitrogens is 1. The minimum Gasteiger partial charge on any atom is -0.424 e. The number of carbonyl (C=O) groups is 1. The second kappa shape index (κ2) is 8.47. The molecule has 7 heteroatoms. The second-order valence-corrected chi connectivity index (χ2v) is 7.83. The molecule has 2 aliphatic rings. The first-order chi connectivity index (χ1) is 14.0. The molecular formula is C22H27N3O4. The van der Waals surface area contributed by atoms with E-state index < -0.39 is 5.63 Å². The molecule has 0 bridgehead atoms. The van der Waals surface area contributed by atoms with Crippen molar-refractivity contribution in [3.8, 4) is 0 Å². The van der Waals surface area contributed by atoms with Crippen LogP contribution in [0, 0.1) is 13.8 Å². The molecule has 0 radical (unpaired) electrons. The van der Waals surface area contributed by atoms with Gasteiger partial charge in [-0.3, -0.25) is 14.7 Å². The third-order valence-corrected chi connectivity index (χ3v) is 5.78. The molecule has 1 unspecified atom stereocenters. The van der Waals surface area contributed by atoms with Crippen molar-refractivity contribution in [1.82, 2.24) is 14.8 Å². The van der Waals surface area contributed by atoms with Gasteiger partial charge in [-0.25, -0.2) is 4.79 Å². The lowest BCUT2D eigenvalue weighted by Crippen LogP contribution is -2.49. The molecule has 0 aliphatic carbocycles. The van der Waals surface area contributed by atoms with Gasteiger partial charge >= 0.3 is 5.63 Å². The summed E-state index contributed by atoms with van der Waals surface area (Å²) in [5.41, 5.74) is 2.47. The van der Waals surface area contributed by atoms with Crippen molar-refractivity contribution in [3.63, 3.8) is 0 Å². The van der Waals surface area contributed by atoms with Gasteiger partial charge in [0.1, 0.15) is 17.4 Å². The number of piperazine rings is 1. The highest BCUT2D eigenvalue weighted by Gasteiger charge is 2.28. The summed E-state index contributed by atoms with van der Waals surface area (Å²) in [5, 5.41) is 0. The van der Waals surface area contributed by atoms with E-state index in [4.69, 9.17) is 9.15 Å². The molecule has 2 fully saturated rings. The molecule has 154 valence electrons. The molecule has 1 atom stereocenters. The molecule has 4 heterocycles. The number of nitrogens with zero attached hydrogens (tertiary/aromatic N) is 3. The van der Waals surface area contributed by atoms with Crippen LogP contribution in [0.1, 0.15) is 51.9 Å². The highest BCUT2D eigenvalue weighted by Crippen LogP contribution is 2.28. The smallest absolute Gasteiger partial charge is 0.349 e. The van der Waals surface area contributed by atoms with E-state index in [9.17, 15) is 9.59 Å². The van der Waals surface area contributed by atoms with Gasteiger partial charge < -0.3 is 14.1 Å². The zero-order valence-electron chi connectivity index (χ0n) is 17.0. The Labute approximate surface area is 170 Å². The summed E-state index contributed by atoms with van der Waals surface area (Å²) in [6.07, 6.45) is 3.43. The molecular weight excluding hydrogens is 370 g/mol. The van der Waals surface area contributed by atoms with Crippen LogP contribution in [0.15, 0.2) is 33.6 Å². The van der Waals surface area contributed by atoms with Crippen molar-refractivity contribution in [3.05, 3.63) is 63.0 Å². The molecule has 0 N–H and O–H groups in total. The molecule has 2 aromatic heterocycles. The third-order valence-electron chi connectivity index (χ3n) is 5.78. The summed E-state index contributed by atoms with van der Waals surface area (Å²) in [7, 11) is 0. The first-order valence-electron chi connectivity index (χ1n) is 10.2. The fourth-order valence-corrected chi connectivity index (χ4v) is 4.01. The van der Waals surface area contributed by atoms with E-state index in [-0.39, 0.29) is 17.6 Å². The fraction of sp³-hybridized carbons (Fsp3) is 0.500. The summed E-state index contributed by atoms with van der Waals surface area (Å²) >= 11 is 0. The number of aryl methyl sites for hydroxylation is 2. The van der Waals surface area contributed by atoms with Gasteiger partial charge in [0, 0.05) is 45.5 Å². The first-order valence-corrected chi connectivity index (χ1v) is 10.2. The van der Waals surface area contributed by atoms with Crippen LogP contribution in [0.5, 0.6) is 0 Å². The molecule has 2 saturated heterocycles. The third kappa shape index (κ3) is 4.26. The van der Waals surface area contributed by atoms with Gasteiger partial charge in [0.05, 0.1) is 5.69 Å². The van der Waals surface area contributed by atoms with E-state index in [0.717, 1.165) is 38.2 Å². The Bertz CT molecular complexity index is 941. The van der Waals surface area contributed by atoms with Crippen molar-refractivity contribution in [2.24, 2.45) is 0 Å². The molecule has 7 nitrogen and oxygen atoms in total. The second-order valence-electron chi connectivity index (χ2n) is 7.83. The molecule has 29 heavy (non-hydrogen) atoms. The van der Waals surface area contributed by atoms with Crippen molar-refractivity contribution >= 4 is 5.91 Å². The molecule has 2 aromatic rings.